The molecule has 2 aromatic carbocycles. The van der Waals surface area contributed by atoms with Gasteiger partial charge in [0.1, 0.15) is 18.0 Å². The molecule has 0 aliphatic rings. The molecule has 3 aromatic rings. The van der Waals surface area contributed by atoms with Gasteiger partial charge in [-0.2, -0.15) is 13.2 Å². The minimum absolute atomic E-state index is 0.0187. The van der Waals surface area contributed by atoms with Crippen molar-refractivity contribution in [1.82, 2.24) is 9.97 Å². The SMILES string of the molecule is CCS(=O)(=O)c1cccc(Nc2cc(Nc3cccc(S(=O)(=O)CC)c3)ncn2)c1.O=CC(F)(F)F. The van der Waals surface area contributed by atoms with Crippen LogP contribution < -0.4 is 10.6 Å². The summed E-state index contributed by atoms with van der Waals surface area (Å²) in [4.78, 5) is 17.5. The molecule has 0 saturated heterocycles. The van der Waals surface area contributed by atoms with Crippen LogP contribution >= 0.6 is 0 Å². The van der Waals surface area contributed by atoms with E-state index in [-0.39, 0.29) is 21.3 Å². The number of halogens is 3. The number of hydrogen-bond acceptors (Lipinski definition) is 9. The van der Waals surface area contributed by atoms with E-state index < -0.39 is 32.1 Å². The Morgan fingerprint density at radius 1 is 0.778 bits per heavy atom. The lowest BCUT2D eigenvalue weighted by molar-refractivity contribution is -0.156. The van der Waals surface area contributed by atoms with Crippen molar-refractivity contribution in [3.05, 3.63) is 60.9 Å². The standard InChI is InChI=1S/C20H22N4O4S2.C2HF3O/c1-3-29(25,26)17-9-5-7-15(11-17)23-19-13-20(22-14-21-19)24-16-8-6-10-18(12-16)30(27,28)4-2;3-2(4,5)1-6/h5-14H,3-4H2,1-2H3,(H2,21,22,23,24);1H. The van der Waals surface area contributed by atoms with E-state index in [1.165, 1.54) is 6.33 Å². The molecule has 0 aliphatic heterocycles. The lowest BCUT2D eigenvalue weighted by Gasteiger charge is -2.10. The first-order valence-corrected chi connectivity index (χ1v) is 13.6. The van der Waals surface area contributed by atoms with Crippen molar-refractivity contribution in [2.75, 3.05) is 22.1 Å². The smallest absolute Gasteiger partial charge is 0.340 e. The summed E-state index contributed by atoms with van der Waals surface area (Å²) in [6.07, 6.45) is -4.35. The van der Waals surface area contributed by atoms with Crippen molar-refractivity contribution in [2.45, 2.75) is 29.8 Å². The molecule has 0 saturated carbocycles. The fraction of sp³-hybridized carbons (Fsp3) is 0.227. The van der Waals surface area contributed by atoms with Crippen molar-refractivity contribution in [3.8, 4) is 0 Å². The molecule has 0 fully saturated rings. The molecule has 0 spiro atoms. The van der Waals surface area contributed by atoms with Crippen LogP contribution in [0.3, 0.4) is 0 Å². The quantitative estimate of drug-likeness (QED) is 0.398. The zero-order valence-electron chi connectivity index (χ0n) is 19.2. The highest BCUT2D eigenvalue weighted by atomic mass is 32.2. The summed E-state index contributed by atoms with van der Waals surface area (Å²) in [5.41, 5.74) is 1.15. The topological polar surface area (TPSA) is 135 Å². The van der Waals surface area contributed by atoms with E-state index in [0.717, 1.165) is 0 Å². The van der Waals surface area contributed by atoms with Crippen molar-refractivity contribution in [1.29, 1.82) is 0 Å². The molecule has 2 N–H and O–H groups in total. The van der Waals surface area contributed by atoms with Crippen molar-refractivity contribution in [3.63, 3.8) is 0 Å². The van der Waals surface area contributed by atoms with Gasteiger partial charge < -0.3 is 10.6 Å². The van der Waals surface area contributed by atoms with Gasteiger partial charge in [0.05, 0.1) is 21.3 Å². The number of anilines is 4. The van der Waals surface area contributed by atoms with E-state index in [4.69, 9.17) is 4.79 Å². The monoisotopic (exact) mass is 544 g/mol. The summed E-state index contributed by atoms with van der Waals surface area (Å²) in [7, 11) is -6.63. The average Bonchev–Trinajstić information content (AvgIpc) is 2.84. The lowest BCUT2D eigenvalue weighted by Crippen LogP contribution is -2.07. The second kappa shape index (κ2) is 11.9. The molecule has 1 heterocycles. The number of aldehydes is 1. The van der Waals surface area contributed by atoms with Gasteiger partial charge in [0, 0.05) is 17.4 Å². The first-order valence-electron chi connectivity index (χ1n) is 10.3. The Morgan fingerprint density at radius 2 is 1.17 bits per heavy atom. The first kappa shape index (κ1) is 28.7. The summed E-state index contributed by atoms with van der Waals surface area (Å²) in [6, 6.07) is 14.6. The molecule has 0 aliphatic carbocycles. The molecular weight excluding hydrogens is 521 g/mol. The largest absolute Gasteiger partial charge is 0.446 e. The van der Waals surface area contributed by atoms with E-state index in [9.17, 15) is 30.0 Å². The van der Waals surface area contributed by atoms with Crippen LogP contribution in [0.15, 0.2) is 70.7 Å². The van der Waals surface area contributed by atoms with E-state index in [1.54, 1.807) is 68.4 Å². The number of nitrogens with zero attached hydrogens (tertiary/aromatic N) is 2. The van der Waals surface area contributed by atoms with Crippen LogP contribution in [-0.2, 0) is 24.5 Å². The summed E-state index contributed by atoms with van der Waals surface area (Å²) >= 11 is 0. The zero-order chi connectivity index (χ0) is 27.0. The van der Waals surface area contributed by atoms with Gasteiger partial charge in [0.15, 0.2) is 19.7 Å². The van der Waals surface area contributed by atoms with Gasteiger partial charge in [-0.3, -0.25) is 4.79 Å². The minimum atomic E-state index is -4.64. The third-order valence-electron chi connectivity index (χ3n) is 4.49. The number of benzene rings is 2. The van der Waals surface area contributed by atoms with Crippen molar-refractivity contribution >= 4 is 49.0 Å². The van der Waals surface area contributed by atoms with Crippen LogP contribution in [0.25, 0.3) is 0 Å². The highest BCUT2D eigenvalue weighted by Gasteiger charge is 2.24. The maximum absolute atomic E-state index is 12.1. The van der Waals surface area contributed by atoms with Gasteiger partial charge in [-0.1, -0.05) is 26.0 Å². The number of carbonyl (C=O) groups is 1. The van der Waals surface area contributed by atoms with Crippen LogP contribution in [0.4, 0.5) is 36.2 Å². The number of alkyl halides is 3. The lowest BCUT2D eigenvalue weighted by atomic mass is 10.3. The Morgan fingerprint density at radius 3 is 1.50 bits per heavy atom. The third kappa shape index (κ3) is 8.61. The van der Waals surface area contributed by atoms with E-state index in [1.807, 2.05) is 0 Å². The molecule has 9 nitrogen and oxygen atoms in total. The number of aromatic nitrogens is 2. The molecule has 3 rings (SSSR count). The number of carbonyl (C=O) groups excluding carboxylic acids is 1. The van der Waals surface area contributed by atoms with E-state index >= 15 is 0 Å². The Balaban J connectivity index is 0.000000678. The second-order valence-corrected chi connectivity index (χ2v) is 11.6. The van der Waals surface area contributed by atoms with Crippen molar-refractivity contribution < 1.29 is 34.8 Å². The minimum Gasteiger partial charge on any atom is -0.340 e. The predicted octanol–water partition coefficient (Wildman–Crippen LogP) is 4.30. The summed E-state index contributed by atoms with van der Waals surface area (Å²) in [5, 5.41) is 6.12. The Kier molecular flexibility index (Phi) is 9.53. The molecule has 36 heavy (non-hydrogen) atoms. The Bertz CT molecular complexity index is 1320. The molecule has 0 bridgehead atoms. The number of rotatable bonds is 8. The zero-order valence-corrected chi connectivity index (χ0v) is 20.8. The first-order chi connectivity index (χ1) is 16.8. The Labute approximate surface area is 206 Å². The molecule has 0 radical (unpaired) electrons. The number of sulfone groups is 2. The predicted molar refractivity (Wildman–Crippen MR) is 129 cm³/mol. The van der Waals surface area contributed by atoms with E-state index in [2.05, 4.69) is 20.6 Å². The Hall–Kier alpha value is -3.52. The fourth-order valence-electron chi connectivity index (χ4n) is 2.66. The number of nitrogens with one attached hydrogen (secondary N) is 2. The molecule has 1 aromatic heterocycles. The molecule has 0 unspecified atom stereocenters. The maximum Gasteiger partial charge on any atom is 0.446 e. The normalized spacial score (nSPS) is 11.7. The van der Waals surface area contributed by atoms with Crippen LogP contribution in [0.5, 0.6) is 0 Å². The third-order valence-corrected chi connectivity index (χ3v) is 7.96. The summed E-state index contributed by atoms with van der Waals surface area (Å²) < 4.78 is 79.6. The van der Waals surface area contributed by atoms with Crippen LogP contribution in [0, 0.1) is 0 Å². The van der Waals surface area contributed by atoms with Crippen LogP contribution in [0.1, 0.15) is 13.8 Å². The second-order valence-electron chi connectivity index (χ2n) is 7.06. The van der Waals surface area contributed by atoms with Gasteiger partial charge in [-0.05, 0) is 36.4 Å². The molecule has 0 amide bonds. The van der Waals surface area contributed by atoms with Crippen molar-refractivity contribution in [2.24, 2.45) is 0 Å². The van der Waals surface area contributed by atoms with Gasteiger partial charge in [0.25, 0.3) is 0 Å². The van der Waals surface area contributed by atoms with Gasteiger partial charge in [-0.15, -0.1) is 0 Å². The summed E-state index contributed by atoms with van der Waals surface area (Å²) in [5.74, 6) is 0.946. The van der Waals surface area contributed by atoms with Gasteiger partial charge in [0.2, 0.25) is 6.29 Å². The maximum atomic E-state index is 12.1. The van der Waals surface area contributed by atoms with E-state index in [0.29, 0.717) is 23.0 Å². The molecule has 194 valence electrons. The molecule has 0 atom stereocenters. The average molecular weight is 545 g/mol. The van der Waals surface area contributed by atoms with Crippen LogP contribution in [-0.4, -0.2) is 50.8 Å². The summed E-state index contributed by atoms with van der Waals surface area (Å²) in [6.45, 7) is 3.19. The molecular formula is C22H23F3N4O5S2. The fourth-order valence-corrected chi connectivity index (χ4v) is 4.51. The molecule has 14 heteroatoms. The highest BCUT2D eigenvalue weighted by Crippen LogP contribution is 2.23. The number of hydrogen-bond donors (Lipinski definition) is 2. The van der Waals surface area contributed by atoms with Gasteiger partial charge >= 0.3 is 6.18 Å². The van der Waals surface area contributed by atoms with Gasteiger partial charge in [-0.25, -0.2) is 26.8 Å². The highest BCUT2D eigenvalue weighted by molar-refractivity contribution is 7.91. The van der Waals surface area contributed by atoms with Crippen LogP contribution in [0.2, 0.25) is 0 Å².